The van der Waals surface area contributed by atoms with Crippen LogP contribution in [0.25, 0.3) is 11.0 Å². The van der Waals surface area contributed by atoms with E-state index >= 15 is 0 Å². The van der Waals surface area contributed by atoms with E-state index in [2.05, 4.69) is 17.2 Å². The van der Waals surface area contributed by atoms with Crippen LogP contribution in [0.1, 0.15) is 31.4 Å². The maximum Gasteiger partial charge on any atom is 0.329 e. The molecule has 1 N–H and O–H groups in total. The van der Waals surface area contributed by atoms with Crippen LogP contribution in [0.15, 0.2) is 23.0 Å². The van der Waals surface area contributed by atoms with Gasteiger partial charge in [0, 0.05) is 25.6 Å². The summed E-state index contributed by atoms with van der Waals surface area (Å²) >= 11 is 0. The molecule has 1 aliphatic heterocycles. The Morgan fingerprint density at radius 3 is 2.80 bits per heavy atom. The van der Waals surface area contributed by atoms with Crippen LogP contribution in [0.5, 0.6) is 0 Å². The van der Waals surface area contributed by atoms with Crippen molar-refractivity contribution in [2.24, 2.45) is 7.05 Å². The van der Waals surface area contributed by atoms with Crippen molar-refractivity contribution >= 4 is 22.8 Å². The summed E-state index contributed by atoms with van der Waals surface area (Å²) in [4.78, 5) is 36.1. The SMILES string of the molecule is CCOCC#Cc1ccc2c(c1)n(C)c(=O)n2C1CCC(=O)NC1=O. The van der Waals surface area contributed by atoms with Gasteiger partial charge in [0.1, 0.15) is 12.6 Å². The number of aryl methyl sites for hydroxylation is 1. The first-order chi connectivity index (χ1) is 12.0. The van der Waals surface area contributed by atoms with Crippen molar-refractivity contribution in [3.05, 3.63) is 34.2 Å². The minimum atomic E-state index is -0.677. The molecule has 130 valence electrons. The zero-order chi connectivity index (χ0) is 18.0. The first-order valence-corrected chi connectivity index (χ1v) is 8.14. The smallest absolute Gasteiger partial charge is 0.329 e. The first kappa shape index (κ1) is 17.0. The predicted octanol–water partition coefficient (Wildman–Crippen LogP) is 0.706. The van der Waals surface area contributed by atoms with E-state index in [9.17, 15) is 14.4 Å². The van der Waals surface area contributed by atoms with Gasteiger partial charge >= 0.3 is 5.69 Å². The molecule has 7 nitrogen and oxygen atoms in total. The fraction of sp³-hybridized carbons (Fsp3) is 0.389. The molecule has 0 spiro atoms. The van der Waals surface area contributed by atoms with Gasteiger partial charge in [-0.3, -0.25) is 24.0 Å². The number of hydrogen-bond acceptors (Lipinski definition) is 4. The molecule has 1 aromatic carbocycles. The quantitative estimate of drug-likeness (QED) is 0.506. The number of benzene rings is 1. The molecule has 7 heteroatoms. The molecule has 2 heterocycles. The number of nitrogens with zero attached hydrogens (tertiary/aromatic N) is 2. The summed E-state index contributed by atoms with van der Waals surface area (Å²) in [6.07, 6.45) is 0.541. The van der Waals surface area contributed by atoms with Gasteiger partial charge in [0.2, 0.25) is 11.8 Å². The molecular weight excluding hydrogens is 322 g/mol. The van der Waals surface area contributed by atoms with E-state index in [0.29, 0.717) is 30.7 Å². The van der Waals surface area contributed by atoms with Gasteiger partial charge in [0.05, 0.1) is 11.0 Å². The van der Waals surface area contributed by atoms with E-state index in [-0.39, 0.29) is 18.0 Å². The van der Waals surface area contributed by atoms with Crippen LogP contribution >= 0.6 is 0 Å². The Balaban J connectivity index is 2.02. The fourth-order valence-corrected chi connectivity index (χ4v) is 2.96. The Labute approximate surface area is 144 Å². The summed E-state index contributed by atoms with van der Waals surface area (Å²) in [5.74, 6) is 5.17. The van der Waals surface area contributed by atoms with Gasteiger partial charge in [-0.05, 0) is 31.5 Å². The average Bonchev–Trinajstić information content (AvgIpc) is 2.83. The number of carbonyl (C=O) groups excluding carboxylic acids is 2. The third kappa shape index (κ3) is 3.21. The average molecular weight is 341 g/mol. The lowest BCUT2D eigenvalue weighted by Gasteiger charge is -2.21. The summed E-state index contributed by atoms with van der Waals surface area (Å²) < 4.78 is 8.13. The second-order valence-corrected chi connectivity index (χ2v) is 5.82. The van der Waals surface area contributed by atoms with Crippen LogP contribution in [0.3, 0.4) is 0 Å². The highest BCUT2D eigenvalue weighted by molar-refractivity contribution is 6.00. The summed E-state index contributed by atoms with van der Waals surface area (Å²) in [6.45, 7) is 2.86. The van der Waals surface area contributed by atoms with Gasteiger partial charge in [-0.1, -0.05) is 11.8 Å². The van der Waals surface area contributed by atoms with Gasteiger partial charge < -0.3 is 4.74 Å². The number of hydrogen-bond donors (Lipinski definition) is 1. The number of carbonyl (C=O) groups is 2. The van der Waals surface area contributed by atoms with Crippen LogP contribution in [0, 0.1) is 11.8 Å². The largest absolute Gasteiger partial charge is 0.369 e. The number of ether oxygens (including phenoxy) is 1. The third-order valence-corrected chi connectivity index (χ3v) is 4.22. The molecule has 3 rings (SSSR count). The highest BCUT2D eigenvalue weighted by Gasteiger charge is 2.31. The highest BCUT2D eigenvalue weighted by Crippen LogP contribution is 2.23. The molecule has 1 aliphatic rings. The monoisotopic (exact) mass is 341 g/mol. The van der Waals surface area contributed by atoms with Crippen LogP contribution in [0.2, 0.25) is 0 Å². The van der Waals surface area contributed by atoms with E-state index in [1.165, 1.54) is 9.13 Å². The van der Waals surface area contributed by atoms with Crippen molar-refractivity contribution < 1.29 is 14.3 Å². The van der Waals surface area contributed by atoms with Crippen LogP contribution in [-0.4, -0.2) is 34.2 Å². The van der Waals surface area contributed by atoms with Crippen LogP contribution < -0.4 is 11.0 Å². The van der Waals surface area contributed by atoms with Crippen molar-refractivity contribution in [3.63, 3.8) is 0 Å². The Morgan fingerprint density at radius 1 is 1.28 bits per heavy atom. The molecule has 1 unspecified atom stereocenters. The number of aromatic nitrogens is 2. The van der Waals surface area contributed by atoms with E-state index in [4.69, 9.17) is 4.74 Å². The highest BCUT2D eigenvalue weighted by atomic mass is 16.5. The lowest BCUT2D eigenvalue weighted by Crippen LogP contribution is -2.44. The summed E-state index contributed by atoms with van der Waals surface area (Å²) in [5, 5.41) is 2.30. The molecule has 25 heavy (non-hydrogen) atoms. The minimum Gasteiger partial charge on any atom is -0.369 e. The van der Waals surface area contributed by atoms with Gasteiger partial charge in [-0.25, -0.2) is 4.79 Å². The normalized spacial score (nSPS) is 17.3. The molecule has 0 radical (unpaired) electrons. The Bertz CT molecular complexity index is 958. The van der Waals surface area contributed by atoms with Crippen molar-refractivity contribution in [1.82, 2.24) is 14.5 Å². The number of fused-ring (bicyclic) bond motifs is 1. The first-order valence-electron chi connectivity index (χ1n) is 8.14. The lowest BCUT2D eigenvalue weighted by atomic mass is 10.1. The topological polar surface area (TPSA) is 82.3 Å². The Morgan fingerprint density at radius 2 is 2.08 bits per heavy atom. The third-order valence-electron chi connectivity index (χ3n) is 4.22. The van der Waals surface area contributed by atoms with Crippen LogP contribution in [0.4, 0.5) is 0 Å². The van der Waals surface area contributed by atoms with Crippen LogP contribution in [-0.2, 0) is 21.4 Å². The van der Waals surface area contributed by atoms with Gasteiger partial charge in [0.15, 0.2) is 0 Å². The summed E-state index contributed by atoms with van der Waals surface area (Å²) in [5.41, 5.74) is 1.82. The summed E-state index contributed by atoms with van der Waals surface area (Å²) in [7, 11) is 1.66. The van der Waals surface area contributed by atoms with Crippen molar-refractivity contribution in [3.8, 4) is 11.8 Å². The number of amides is 2. The standard InChI is InChI=1S/C18H19N3O4/c1-3-25-10-4-5-12-6-7-13-15(11-12)20(2)18(24)21(13)14-8-9-16(22)19-17(14)23/h6-7,11,14H,3,8-10H2,1-2H3,(H,19,22,23). The molecular formula is C18H19N3O4. The van der Waals surface area contributed by atoms with Crippen molar-refractivity contribution in [1.29, 1.82) is 0 Å². The Hall–Kier alpha value is -2.85. The number of imide groups is 1. The zero-order valence-corrected chi connectivity index (χ0v) is 14.2. The molecule has 0 aliphatic carbocycles. The number of imidazole rings is 1. The fourth-order valence-electron chi connectivity index (χ4n) is 2.96. The number of piperidine rings is 1. The van der Waals surface area contributed by atoms with Crippen molar-refractivity contribution in [2.45, 2.75) is 25.8 Å². The van der Waals surface area contributed by atoms with Gasteiger partial charge in [-0.15, -0.1) is 0 Å². The molecule has 0 bridgehead atoms. The van der Waals surface area contributed by atoms with E-state index in [1.54, 1.807) is 13.1 Å². The van der Waals surface area contributed by atoms with Gasteiger partial charge in [0.25, 0.3) is 0 Å². The zero-order valence-electron chi connectivity index (χ0n) is 14.2. The second-order valence-electron chi connectivity index (χ2n) is 5.82. The number of rotatable bonds is 3. The molecule has 1 aromatic heterocycles. The number of nitrogens with one attached hydrogen (secondary N) is 1. The lowest BCUT2D eigenvalue weighted by molar-refractivity contribution is -0.135. The molecule has 1 atom stereocenters. The molecule has 1 fully saturated rings. The molecule has 1 saturated heterocycles. The predicted molar refractivity (Wildman–Crippen MR) is 92.0 cm³/mol. The van der Waals surface area contributed by atoms with E-state index in [0.717, 1.165) is 5.56 Å². The minimum absolute atomic E-state index is 0.222. The molecule has 2 aromatic rings. The Kier molecular flexibility index (Phi) is 4.72. The van der Waals surface area contributed by atoms with E-state index in [1.807, 2.05) is 19.1 Å². The second kappa shape index (κ2) is 6.95. The van der Waals surface area contributed by atoms with E-state index < -0.39 is 11.9 Å². The maximum absolute atomic E-state index is 12.6. The molecule has 2 amide bonds. The van der Waals surface area contributed by atoms with Gasteiger partial charge in [-0.2, -0.15) is 0 Å². The maximum atomic E-state index is 12.6. The molecule has 0 saturated carbocycles. The van der Waals surface area contributed by atoms with Crippen molar-refractivity contribution in [2.75, 3.05) is 13.2 Å². The summed E-state index contributed by atoms with van der Waals surface area (Å²) in [6, 6.07) is 4.73.